The topological polar surface area (TPSA) is 90.8 Å². The molecule has 28 heavy (non-hydrogen) atoms. The molecule has 0 amide bonds. The fourth-order valence-corrected chi connectivity index (χ4v) is 2.10. The van der Waals surface area contributed by atoms with Crippen molar-refractivity contribution in [2.45, 2.75) is 26.1 Å². The minimum atomic E-state index is -4.75. The van der Waals surface area contributed by atoms with Crippen molar-refractivity contribution in [2.24, 2.45) is 0 Å². The number of hydrogen-bond donors (Lipinski definition) is 1. The number of ether oxygens (including phenoxy) is 3. The van der Waals surface area contributed by atoms with Crippen LogP contribution in [0.25, 0.3) is 5.57 Å². The van der Waals surface area contributed by atoms with Gasteiger partial charge in [-0.25, -0.2) is 4.79 Å². The first kappa shape index (κ1) is 21.0. The molecule has 1 aromatic heterocycles. The van der Waals surface area contributed by atoms with Crippen LogP contribution in [0.4, 0.5) is 13.2 Å². The van der Waals surface area contributed by atoms with Crippen LogP contribution in [0, 0.1) is 0 Å². The summed E-state index contributed by atoms with van der Waals surface area (Å²) >= 11 is 0. The molecule has 0 aliphatic carbocycles. The number of alkyl halides is 3. The van der Waals surface area contributed by atoms with Crippen LogP contribution in [0.15, 0.2) is 36.6 Å². The van der Waals surface area contributed by atoms with Gasteiger partial charge in [0, 0.05) is 11.6 Å². The van der Waals surface area contributed by atoms with Crippen LogP contribution >= 0.6 is 0 Å². The molecule has 2 aromatic rings. The molecule has 0 spiro atoms. The molecular formula is C18H17F3N2O5. The molecule has 150 valence electrons. The number of rotatable bonds is 7. The van der Waals surface area contributed by atoms with Gasteiger partial charge in [-0.05, 0) is 19.9 Å². The van der Waals surface area contributed by atoms with Crippen molar-refractivity contribution in [3.8, 4) is 17.6 Å². The Balaban J connectivity index is 2.51. The van der Waals surface area contributed by atoms with Gasteiger partial charge in [0.2, 0.25) is 5.88 Å². The maximum absolute atomic E-state index is 13.1. The average Bonchev–Trinajstić information content (AvgIpc) is 2.58. The fourth-order valence-electron chi connectivity index (χ4n) is 2.10. The van der Waals surface area contributed by atoms with Gasteiger partial charge in [-0.15, -0.1) is 0 Å². The lowest BCUT2D eigenvalue weighted by atomic mass is 10.1. The molecule has 0 unspecified atom stereocenters. The minimum Gasteiger partial charge on any atom is -0.503 e. The number of aliphatic carboxylic acids is 1. The predicted octanol–water partition coefficient (Wildman–Crippen LogP) is 4.15. The molecule has 10 heteroatoms. The van der Waals surface area contributed by atoms with E-state index >= 15 is 0 Å². The second-order valence-corrected chi connectivity index (χ2v) is 5.71. The van der Waals surface area contributed by atoms with Crippen LogP contribution in [0.5, 0.6) is 17.6 Å². The molecule has 0 aliphatic heterocycles. The Bertz CT molecular complexity index is 882. The number of nitrogens with zero attached hydrogens (tertiary/aromatic N) is 2. The van der Waals surface area contributed by atoms with Gasteiger partial charge in [0.25, 0.3) is 0 Å². The second-order valence-electron chi connectivity index (χ2n) is 5.71. The molecule has 1 N–H and O–H groups in total. The molecule has 0 bridgehead atoms. The van der Waals surface area contributed by atoms with Crippen molar-refractivity contribution in [2.75, 3.05) is 7.11 Å². The van der Waals surface area contributed by atoms with Crippen molar-refractivity contribution in [3.05, 3.63) is 47.9 Å². The number of carboxylic acid groups (broad SMARTS) is 1. The summed E-state index contributed by atoms with van der Waals surface area (Å²) in [6.07, 6.45) is -4.23. The van der Waals surface area contributed by atoms with Crippen molar-refractivity contribution in [3.63, 3.8) is 0 Å². The predicted molar refractivity (Wildman–Crippen MR) is 91.9 cm³/mol. The summed E-state index contributed by atoms with van der Waals surface area (Å²) in [5.41, 5.74) is -1.41. The Morgan fingerprint density at radius 3 is 2.46 bits per heavy atom. The molecule has 0 aliphatic rings. The van der Waals surface area contributed by atoms with Crippen LogP contribution in [-0.4, -0.2) is 34.3 Å². The molecule has 0 saturated carbocycles. The van der Waals surface area contributed by atoms with Gasteiger partial charge in [0.05, 0.1) is 19.5 Å². The van der Waals surface area contributed by atoms with Gasteiger partial charge in [0.1, 0.15) is 11.3 Å². The van der Waals surface area contributed by atoms with Crippen LogP contribution in [0.1, 0.15) is 25.1 Å². The van der Waals surface area contributed by atoms with Crippen molar-refractivity contribution < 1.29 is 37.3 Å². The molecule has 0 saturated heterocycles. The van der Waals surface area contributed by atoms with Crippen molar-refractivity contribution in [1.82, 2.24) is 9.97 Å². The zero-order chi connectivity index (χ0) is 20.9. The molecule has 0 atom stereocenters. The van der Waals surface area contributed by atoms with Crippen LogP contribution in [-0.2, 0) is 15.7 Å². The zero-order valence-electron chi connectivity index (χ0n) is 15.1. The first-order valence-corrected chi connectivity index (χ1v) is 7.98. The fraction of sp³-hybridized carbons (Fsp3) is 0.278. The van der Waals surface area contributed by atoms with E-state index in [0.717, 1.165) is 6.26 Å². The summed E-state index contributed by atoms with van der Waals surface area (Å²) in [6, 6.07) is 5.98. The highest BCUT2D eigenvalue weighted by molar-refractivity contribution is 6.15. The maximum Gasteiger partial charge on any atom is 0.433 e. The summed E-state index contributed by atoms with van der Waals surface area (Å²) in [7, 11) is 1.27. The molecule has 1 aromatic carbocycles. The summed E-state index contributed by atoms with van der Waals surface area (Å²) in [5.74, 6) is -1.79. The van der Waals surface area contributed by atoms with E-state index in [-0.39, 0.29) is 16.9 Å². The third-order valence-electron chi connectivity index (χ3n) is 3.17. The molecule has 1 heterocycles. The summed E-state index contributed by atoms with van der Waals surface area (Å²) < 4.78 is 54.8. The minimum absolute atomic E-state index is 0.0319. The van der Waals surface area contributed by atoms with E-state index in [1.807, 2.05) is 0 Å². The monoisotopic (exact) mass is 398 g/mol. The third-order valence-corrected chi connectivity index (χ3v) is 3.17. The average molecular weight is 398 g/mol. The number of benzene rings is 1. The van der Waals surface area contributed by atoms with E-state index in [1.54, 1.807) is 19.9 Å². The number of carbonyl (C=O) groups is 1. The van der Waals surface area contributed by atoms with E-state index in [0.29, 0.717) is 6.07 Å². The van der Waals surface area contributed by atoms with E-state index in [4.69, 9.17) is 14.2 Å². The highest BCUT2D eigenvalue weighted by Crippen LogP contribution is 2.34. The van der Waals surface area contributed by atoms with Gasteiger partial charge < -0.3 is 19.3 Å². The lowest BCUT2D eigenvalue weighted by Crippen LogP contribution is -2.14. The third kappa shape index (κ3) is 5.35. The van der Waals surface area contributed by atoms with Crippen LogP contribution < -0.4 is 9.47 Å². The number of aromatic nitrogens is 2. The summed E-state index contributed by atoms with van der Waals surface area (Å²) in [4.78, 5) is 18.6. The number of carboxylic acids is 1. The van der Waals surface area contributed by atoms with Crippen molar-refractivity contribution in [1.29, 1.82) is 0 Å². The lowest BCUT2D eigenvalue weighted by Gasteiger charge is -2.14. The first-order valence-electron chi connectivity index (χ1n) is 7.98. The van der Waals surface area contributed by atoms with Crippen LogP contribution in [0.2, 0.25) is 0 Å². The summed E-state index contributed by atoms with van der Waals surface area (Å²) in [5, 5.41) is 9.34. The Labute approximate surface area is 158 Å². The Hall–Kier alpha value is -3.30. The Kier molecular flexibility index (Phi) is 6.45. The SMILES string of the molecule is CO/C=C(/C(=O)O)c1ccccc1Oc1cc(C(F)(F)F)nc(OC(C)C)n1. The van der Waals surface area contributed by atoms with E-state index < -0.39 is 35.8 Å². The van der Waals surface area contributed by atoms with E-state index in [1.165, 1.54) is 25.3 Å². The van der Waals surface area contributed by atoms with Gasteiger partial charge in [-0.3, -0.25) is 0 Å². The molecule has 7 nitrogen and oxygen atoms in total. The molecular weight excluding hydrogens is 381 g/mol. The highest BCUT2D eigenvalue weighted by atomic mass is 19.4. The number of methoxy groups -OCH3 is 1. The van der Waals surface area contributed by atoms with Gasteiger partial charge in [0.15, 0.2) is 5.69 Å². The van der Waals surface area contributed by atoms with Gasteiger partial charge in [-0.1, -0.05) is 18.2 Å². The van der Waals surface area contributed by atoms with Gasteiger partial charge >= 0.3 is 18.2 Å². The quantitative estimate of drug-likeness (QED) is 0.553. The molecule has 0 fully saturated rings. The molecule has 0 radical (unpaired) electrons. The normalized spacial score (nSPS) is 12.0. The maximum atomic E-state index is 13.1. The Morgan fingerprint density at radius 2 is 1.89 bits per heavy atom. The van der Waals surface area contributed by atoms with E-state index in [2.05, 4.69) is 9.97 Å². The van der Waals surface area contributed by atoms with Gasteiger partial charge in [-0.2, -0.15) is 23.1 Å². The zero-order valence-corrected chi connectivity index (χ0v) is 15.1. The smallest absolute Gasteiger partial charge is 0.433 e. The second kappa shape index (κ2) is 8.59. The Morgan fingerprint density at radius 1 is 1.21 bits per heavy atom. The van der Waals surface area contributed by atoms with Crippen molar-refractivity contribution >= 4 is 11.5 Å². The van der Waals surface area contributed by atoms with E-state index in [9.17, 15) is 23.1 Å². The number of halogens is 3. The standard InChI is InChI=1S/C18H17F3N2O5/c1-10(2)27-17-22-14(18(19,20)21)8-15(23-17)28-13-7-5-4-6-11(13)12(9-26-3)16(24)25/h4-10H,1-3H3,(H,24,25)/b12-9+. The highest BCUT2D eigenvalue weighted by Gasteiger charge is 2.34. The largest absolute Gasteiger partial charge is 0.503 e. The lowest BCUT2D eigenvalue weighted by molar-refractivity contribution is -0.141. The number of hydrogen-bond acceptors (Lipinski definition) is 6. The molecule has 2 rings (SSSR count). The van der Waals surface area contributed by atoms with Crippen LogP contribution in [0.3, 0.4) is 0 Å². The number of para-hydroxylation sites is 1. The first-order chi connectivity index (χ1) is 13.1. The summed E-state index contributed by atoms with van der Waals surface area (Å²) in [6.45, 7) is 3.21.